The average Bonchev–Trinajstić information content (AvgIpc) is 2.74. The molecule has 150 valence electrons. The van der Waals surface area contributed by atoms with Gasteiger partial charge in [-0.3, -0.25) is 4.79 Å². The van der Waals surface area contributed by atoms with Crippen LogP contribution in [-0.2, 0) is 0 Å². The third kappa shape index (κ3) is 7.99. The van der Waals surface area contributed by atoms with E-state index in [0.717, 1.165) is 43.1 Å². The van der Waals surface area contributed by atoms with E-state index < -0.39 is 0 Å². The SMILES string of the molecule is CCCCCOc1ccc(/C=C/C(=O)c2ccc(OCCCCC)cc2)cc1. The Kier molecular flexibility index (Phi) is 9.92. The highest BCUT2D eigenvalue weighted by molar-refractivity contribution is 6.06. The molecule has 0 atom stereocenters. The summed E-state index contributed by atoms with van der Waals surface area (Å²) in [5, 5.41) is 0. The predicted octanol–water partition coefficient (Wildman–Crippen LogP) is 6.72. The van der Waals surface area contributed by atoms with Gasteiger partial charge >= 0.3 is 0 Å². The highest BCUT2D eigenvalue weighted by Gasteiger charge is 2.03. The first-order valence-electron chi connectivity index (χ1n) is 10.4. The molecule has 0 saturated heterocycles. The Balaban J connectivity index is 1.82. The molecule has 0 saturated carbocycles. The second kappa shape index (κ2) is 12.8. The first-order valence-corrected chi connectivity index (χ1v) is 10.4. The molecule has 0 heterocycles. The van der Waals surface area contributed by atoms with Gasteiger partial charge in [0.1, 0.15) is 11.5 Å². The van der Waals surface area contributed by atoms with E-state index in [4.69, 9.17) is 9.47 Å². The molecule has 2 rings (SSSR count). The lowest BCUT2D eigenvalue weighted by molar-refractivity contribution is 0.104. The van der Waals surface area contributed by atoms with Crippen molar-refractivity contribution in [3.8, 4) is 11.5 Å². The van der Waals surface area contributed by atoms with Crippen LogP contribution in [0.15, 0.2) is 54.6 Å². The fourth-order valence-corrected chi connectivity index (χ4v) is 2.74. The minimum atomic E-state index is -0.0163. The van der Waals surface area contributed by atoms with E-state index in [1.165, 1.54) is 25.7 Å². The summed E-state index contributed by atoms with van der Waals surface area (Å²) in [5.41, 5.74) is 1.64. The van der Waals surface area contributed by atoms with Gasteiger partial charge in [0.15, 0.2) is 5.78 Å². The van der Waals surface area contributed by atoms with Crippen LogP contribution in [0.25, 0.3) is 6.08 Å². The highest BCUT2D eigenvalue weighted by Crippen LogP contribution is 2.16. The van der Waals surface area contributed by atoms with Crippen molar-refractivity contribution in [2.45, 2.75) is 52.4 Å². The van der Waals surface area contributed by atoms with E-state index >= 15 is 0 Å². The van der Waals surface area contributed by atoms with Gasteiger partial charge in [-0.2, -0.15) is 0 Å². The molecule has 0 N–H and O–H groups in total. The van der Waals surface area contributed by atoms with E-state index in [0.29, 0.717) is 5.56 Å². The zero-order valence-electron chi connectivity index (χ0n) is 17.2. The number of hydrogen-bond donors (Lipinski definition) is 0. The van der Waals surface area contributed by atoms with E-state index in [-0.39, 0.29) is 5.78 Å². The maximum atomic E-state index is 12.3. The normalized spacial score (nSPS) is 10.9. The number of benzene rings is 2. The Bertz CT molecular complexity index is 714. The second-order valence-corrected chi connectivity index (χ2v) is 6.90. The van der Waals surface area contributed by atoms with Crippen molar-refractivity contribution in [3.63, 3.8) is 0 Å². The molecule has 0 aliphatic heterocycles. The van der Waals surface area contributed by atoms with Gasteiger partial charge in [0.2, 0.25) is 0 Å². The van der Waals surface area contributed by atoms with Gasteiger partial charge in [-0.05, 0) is 60.9 Å². The number of ether oxygens (including phenoxy) is 2. The molecular weight excluding hydrogens is 348 g/mol. The van der Waals surface area contributed by atoms with Crippen LogP contribution >= 0.6 is 0 Å². The summed E-state index contributed by atoms with van der Waals surface area (Å²) < 4.78 is 11.4. The summed E-state index contributed by atoms with van der Waals surface area (Å²) in [6.45, 7) is 5.82. The van der Waals surface area contributed by atoms with Gasteiger partial charge < -0.3 is 9.47 Å². The molecule has 2 aromatic carbocycles. The maximum absolute atomic E-state index is 12.3. The Labute approximate surface area is 169 Å². The van der Waals surface area contributed by atoms with Crippen molar-refractivity contribution >= 4 is 11.9 Å². The van der Waals surface area contributed by atoms with Crippen molar-refractivity contribution in [2.75, 3.05) is 13.2 Å². The van der Waals surface area contributed by atoms with Crippen molar-refractivity contribution in [1.82, 2.24) is 0 Å². The number of carbonyl (C=O) groups excluding carboxylic acids is 1. The molecule has 0 unspecified atom stereocenters. The fraction of sp³-hybridized carbons (Fsp3) is 0.400. The molecule has 3 heteroatoms. The number of unbranched alkanes of at least 4 members (excludes halogenated alkanes) is 4. The minimum absolute atomic E-state index is 0.0163. The van der Waals surface area contributed by atoms with Gasteiger partial charge in [-0.1, -0.05) is 57.7 Å². The average molecular weight is 381 g/mol. The quantitative estimate of drug-likeness (QED) is 0.220. The van der Waals surface area contributed by atoms with E-state index in [1.54, 1.807) is 6.08 Å². The lowest BCUT2D eigenvalue weighted by atomic mass is 10.1. The van der Waals surface area contributed by atoms with E-state index in [2.05, 4.69) is 13.8 Å². The smallest absolute Gasteiger partial charge is 0.185 e. The maximum Gasteiger partial charge on any atom is 0.185 e. The van der Waals surface area contributed by atoms with Gasteiger partial charge in [0.05, 0.1) is 13.2 Å². The van der Waals surface area contributed by atoms with Gasteiger partial charge in [-0.25, -0.2) is 0 Å². The Morgan fingerprint density at radius 3 is 1.75 bits per heavy atom. The molecular formula is C25H32O3. The first kappa shape index (κ1) is 21.7. The van der Waals surface area contributed by atoms with Crippen LogP contribution in [0.5, 0.6) is 11.5 Å². The molecule has 0 aliphatic carbocycles. The van der Waals surface area contributed by atoms with Crippen LogP contribution in [0.4, 0.5) is 0 Å². The van der Waals surface area contributed by atoms with Crippen molar-refractivity contribution in [1.29, 1.82) is 0 Å². The zero-order valence-corrected chi connectivity index (χ0v) is 17.2. The monoisotopic (exact) mass is 380 g/mol. The Hall–Kier alpha value is -2.55. The molecule has 0 aliphatic rings. The van der Waals surface area contributed by atoms with Crippen molar-refractivity contribution in [2.24, 2.45) is 0 Å². The van der Waals surface area contributed by atoms with Crippen LogP contribution in [-0.4, -0.2) is 19.0 Å². The van der Waals surface area contributed by atoms with Crippen molar-refractivity contribution in [3.05, 3.63) is 65.7 Å². The van der Waals surface area contributed by atoms with Crippen molar-refractivity contribution < 1.29 is 14.3 Å². The summed E-state index contributed by atoms with van der Waals surface area (Å²) in [5.74, 6) is 1.66. The third-order valence-corrected chi connectivity index (χ3v) is 4.48. The summed E-state index contributed by atoms with van der Waals surface area (Å²) >= 11 is 0. The summed E-state index contributed by atoms with van der Waals surface area (Å²) in [6.07, 6.45) is 10.3. The molecule has 3 nitrogen and oxygen atoms in total. The number of ketones is 1. The first-order chi connectivity index (χ1) is 13.7. The summed E-state index contributed by atoms with van der Waals surface area (Å²) in [6, 6.07) is 15.2. The lowest BCUT2D eigenvalue weighted by Crippen LogP contribution is -1.98. The molecule has 0 aromatic heterocycles. The minimum Gasteiger partial charge on any atom is -0.494 e. The second-order valence-electron chi connectivity index (χ2n) is 6.90. The van der Waals surface area contributed by atoms with Crippen LogP contribution < -0.4 is 9.47 Å². The van der Waals surface area contributed by atoms with Gasteiger partial charge in [0, 0.05) is 5.56 Å². The molecule has 2 aromatic rings. The molecule has 0 amide bonds. The predicted molar refractivity (Wildman–Crippen MR) is 116 cm³/mol. The van der Waals surface area contributed by atoms with Crippen LogP contribution in [0.1, 0.15) is 68.3 Å². The largest absolute Gasteiger partial charge is 0.494 e. The number of allylic oxidation sites excluding steroid dienone is 1. The molecule has 0 bridgehead atoms. The zero-order chi connectivity index (χ0) is 20.0. The number of carbonyl (C=O) groups is 1. The topological polar surface area (TPSA) is 35.5 Å². The molecule has 0 fully saturated rings. The molecule has 28 heavy (non-hydrogen) atoms. The Morgan fingerprint density at radius 2 is 1.25 bits per heavy atom. The van der Waals surface area contributed by atoms with E-state index in [9.17, 15) is 4.79 Å². The van der Waals surface area contributed by atoms with Crippen LogP contribution in [0, 0.1) is 0 Å². The molecule has 0 radical (unpaired) electrons. The highest BCUT2D eigenvalue weighted by atomic mass is 16.5. The number of rotatable bonds is 13. The van der Waals surface area contributed by atoms with Crippen LogP contribution in [0.3, 0.4) is 0 Å². The van der Waals surface area contributed by atoms with Gasteiger partial charge in [-0.15, -0.1) is 0 Å². The Morgan fingerprint density at radius 1 is 0.750 bits per heavy atom. The summed E-state index contributed by atoms with van der Waals surface area (Å²) in [4.78, 5) is 12.3. The number of hydrogen-bond acceptors (Lipinski definition) is 3. The standard InChI is InChI=1S/C25H32O3/c1-3-5-7-19-27-23-14-9-21(10-15-23)11-18-25(26)22-12-16-24(17-13-22)28-20-8-6-4-2/h9-18H,3-8,19-20H2,1-2H3/b18-11+. The molecule has 0 spiro atoms. The lowest BCUT2D eigenvalue weighted by Gasteiger charge is -2.06. The third-order valence-electron chi connectivity index (χ3n) is 4.48. The van der Waals surface area contributed by atoms with Gasteiger partial charge in [0.25, 0.3) is 0 Å². The fourth-order valence-electron chi connectivity index (χ4n) is 2.74. The van der Waals surface area contributed by atoms with E-state index in [1.807, 2.05) is 54.6 Å². The summed E-state index contributed by atoms with van der Waals surface area (Å²) in [7, 11) is 0. The van der Waals surface area contributed by atoms with Crippen LogP contribution in [0.2, 0.25) is 0 Å².